The molecule has 2 amide bonds. The number of nitrogens with one attached hydrogen (secondary N) is 1. The summed E-state index contributed by atoms with van der Waals surface area (Å²) in [5, 5.41) is 2.97. The summed E-state index contributed by atoms with van der Waals surface area (Å²) in [4.78, 5) is 29.0. The van der Waals surface area contributed by atoms with E-state index in [1.54, 1.807) is 61.7 Å². The number of carbonyl (C=O) groups excluding carboxylic acids is 2. The molecule has 1 N–H and O–H groups in total. The summed E-state index contributed by atoms with van der Waals surface area (Å²) in [7, 11) is -1.10. The number of hydrogen-bond acceptors (Lipinski definition) is 6. The molecule has 3 aromatic rings. The van der Waals surface area contributed by atoms with Crippen molar-refractivity contribution in [2.45, 2.75) is 57.1 Å². The lowest BCUT2D eigenvalue weighted by atomic mass is 10.1. The maximum Gasteiger partial charge on any atom is 0.264 e. The lowest BCUT2D eigenvalue weighted by Crippen LogP contribution is -2.53. The molecular weight excluding hydrogens is 542 g/mol. The van der Waals surface area contributed by atoms with Gasteiger partial charge < -0.3 is 19.7 Å². The first-order chi connectivity index (χ1) is 19.6. The molecule has 9 nitrogen and oxygen atoms in total. The normalized spacial score (nSPS) is 12.6. The van der Waals surface area contributed by atoms with Gasteiger partial charge in [0.2, 0.25) is 11.8 Å². The number of nitrogens with zero attached hydrogens (tertiary/aromatic N) is 2. The zero-order valence-electron chi connectivity index (χ0n) is 24.2. The van der Waals surface area contributed by atoms with Crippen molar-refractivity contribution in [1.29, 1.82) is 0 Å². The number of carbonyl (C=O) groups is 2. The number of benzene rings is 3. The number of rotatable bonds is 14. The van der Waals surface area contributed by atoms with Crippen LogP contribution in [0.5, 0.6) is 11.5 Å². The Morgan fingerprint density at radius 1 is 0.854 bits per heavy atom. The highest BCUT2D eigenvalue weighted by atomic mass is 32.2. The zero-order valence-corrected chi connectivity index (χ0v) is 25.1. The number of methoxy groups -OCH3 is 2. The van der Waals surface area contributed by atoms with Crippen LogP contribution in [-0.4, -0.2) is 58.0 Å². The van der Waals surface area contributed by atoms with Crippen molar-refractivity contribution in [3.05, 3.63) is 84.4 Å². The summed E-state index contributed by atoms with van der Waals surface area (Å²) in [5.74, 6) is 0.292. The SMILES string of the molecule is CC[C@H](C)NC(=O)[C@H](CC)N(Cc1ccc(OC)cc1)C(=O)CN(c1cccc(OC)c1)S(=O)(=O)c1ccccc1. The van der Waals surface area contributed by atoms with Crippen LogP contribution >= 0.6 is 0 Å². The van der Waals surface area contributed by atoms with Crippen molar-refractivity contribution in [3.8, 4) is 11.5 Å². The molecule has 2 atom stereocenters. The number of amides is 2. The molecule has 3 aromatic carbocycles. The summed E-state index contributed by atoms with van der Waals surface area (Å²) in [5.41, 5.74) is 1.04. The number of sulfonamides is 1. The van der Waals surface area contributed by atoms with Gasteiger partial charge in [0, 0.05) is 18.7 Å². The van der Waals surface area contributed by atoms with Gasteiger partial charge in [0.15, 0.2) is 0 Å². The van der Waals surface area contributed by atoms with E-state index >= 15 is 0 Å². The number of anilines is 1. The van der Waals surface area contributed by atoms with Crippen molar-refractivity contribution in [2.75, 3.05) is 25.1 Å². The fraction of sp³-hybridized carbons (Fsp3) is 0.355. The zero-order chi connectivity index (χ0) is 30.0. The minimum atomic E-state index is -4.15. The minimum Gasteiger partial charge on any atom is -0.497 e. The molecule has 0 unspecified atom stereocenters. The fourth-order valence-electron chi connectivity index (χ4n) is 4.30. The van der Waals surface area contributed by atoms with E-state index in [1.165, 1.54) is 24.1 Å². The van der Waals surface area contributed by atoms with E-state index < -0.39 is 28.5 Å². The van der Waals surface area contributed by atoms with E-state index in [1.807, 2.05) is 32.9 Å². The maximum atomic E-state index is 14.1. The first-order valence-corrected chi connectivity index (χ1v) is 15.0. The first-order valence-electron chi connectivity index (χ1n) is 13.6. The molecule has 3 rings (SSSR count). The molecule has 41 heavy (non-hydrogen) atoms. The van der Waals surface area contributed by atoms with Crippen molar-refractivity contribution >= 4 is 27.5 Å². The molecule has 0 bridgehead atoms. The Morgan fingerprint density at radius 3 is 2.10 bits per heavy atom. The van der Waals surface area contributed by atoms with Gasteiger partial charge >= 0.3 is 0 Å². The molecule has 0 heterocycles. The molecule has 0 spiro atoms. The summed E-state index contributed by atoms with van der Waals surface area (Å²) in [6.07, 6.45) is 1.07. The first kappa shape index (κ1) is 31.5. The standard InChI is InChI=1S/C31H39N3O6S/c1-6-23(3)32-31(36)29(7-2)33(21-24-16-18-26(39-4)19-17-24)30(35)22-34(25-12-11-13-27(20-25)40-5)41(37,38)28-14-9-8-10-15-28/h8-20,23,29H,6-7,21-22H2,1-5H3,(H,32,36)/t23-,29-/m0/s1. The molecule has 0 radical (unpaired) electrons. The van der Waals surface area contributed by atoms with Gasteiger partial charge in [0.25, 0.3) is 10.0 Å². The molecular formula is C31H39N3O6S. The summed E-state index contributed by atoms with van der Waals surface area (Å²) in [6, 6.07) is 20.8. The van der Waals surface area contributed by atoms with Gasteiger partial charge in [0.1, 0.15) is 24.1 Å². The highest BCUT2D eigenvalue weighted by Crippen LogP contribution is 2.28. The van der Waals surface area contributed by atoms with Gasteiger partial charge in [-0.05, 0) is 61.7 Å². The Labute approximate surface area is 243 Å². The second-order valence-corrected chi connectivity index (χ2v) is 11.5. The third kappa shape index (κ3) is 8.00. The average Bonchev–Trinajstić information content (AvgIpc) is 3.00. The maximum absolute atomic E-state index is 14.1. The monoisotopic (exact) mass is 581 g/mol. The molecule has 0 aliphatic heterocycles. The fourth-order valence-corrected chi connectivity index (χ4v) is 5.73. The Bertz CT molecular complexity index is 1400. The molecule has 0 aromatic heterocycles. The van der Waals surface area contributed by atoms with E-state index in [0.29, 0.717) is 17.9 Å². The number of hydrogen-bond donors (Lipinski definition) is 1. The molecule has 0 aliphatic carbocycles. The molecule has 220 valence electrons. The molecule has 10 heteroatoms. The Morgan fingerprint density at radius 2 is 1.51 bits per heavy atom. The van der Waals surface area contributed by atoms with Crippen LogP contribution in [0.1, 0.15) is 39.2 Å². The Balaban J connectivity index is 2.06. The average molecular weight is 582 g/mol. The van der Waals surface area contributed by atoms with E-state index in [9.17, 15) is 18.0 Å². The highest BCUT2D eigenvalue weighted by molar-refractivity contribution is 7.92. The second kappa shape index (κ2) is 14.5. The summed E-state index contributed by atoms with van der Waals surface area (Å²) < 4.78 is 39.4. The number of ether oxygens (including phenoxy) is 2. The third-order valence-electron chi connectivity index (χ3n) is 6.85. The lowest BCUT2D eigenvalue weighted by Gasteiger charge is -2.33. The van der Waals surface area contributed by atoms with E-state index in [4.69, 9.17) is 9.47 Å². The van der Waals surface area contributed by atoms with Gasteiger partial charge in [-0.3, -0.25) is 13.9 Å². The van der Waals surface area contributed by atoms with Gasteiger partial charge in [-0.25, -0.2) is 8.42 Å². The second-order valence-electron chi connectivity index (χ2n) is 9.64. The van der Waals surface area contributed by atoms with Gasteiger partial charge in [-0.1, -0.05) is 50.2 Å². The van der Waals surface area contributed by atoms with Crippen LogP contribution < -0.4 is 19.1 Å². The van der Waals surface area contributed by atoms with E-state index in [2.05, 4.69) is 5.32 Å². The minimum absolute atomic E-state index is 0.0406. The predicted molar refractivity (Wildman–Crippen MR) is 159 cm³/mol. The topological polar surface area (TPSA) is 105 Å². The van der Waals surface area contributed by atoms with Crippen molar-refractivity contribution in [3.63, 3.8) is 0 Å². The Kier molecular flexibility index (Phi) is 11.2. The van der Waals surface area contributed by atoms with E-state index in [0.717, 1.165) is 16.3 Å². The van der Waals surface area contributed by atoms with Gasteiger partial charge in [-0.15, -0.1) is 0 Å². The van der Waals surface area contributed by atoms with Gasteiger partial charge in [-0.2, -0.15) is 0 Å². The quantitative estimate of drug-likeness (QED) is 0.298. The molecule has 0 saturated carbocycles. The summed E-state index contributed by atoms with van der Waals surface area (Å²) >= 11 is 0. The van der Waals surface area contributed by atoms with Crippen LogP contribution in [-0.2, 0) is 26.2 Å². The highest BCUT2D eigenvalue weighted by Gasteiger charge is 2.34. The van der Waals surface area contributed by atoms with Crippen LogP contribution in [0.25, 0.3) is 0 Å². The van der Waals surface area contributed by atoms with Crippen LogP contribution in [0.3, 0.4) is 0 Å². The van der Waals surface area contributed by atoms with Crippen LogP contribution in [0.4, 0.5) is 5.69 Å². The van der Waals surface area contributed by atoms with Crippen molar-refractivity contribution in [2.24, 2.45) is 0 Å². The van der Waals surface area contributed by atoms with Crippen molar-refractivity contribution < 1.29 is 27.5 Å². The smallest absolute Gasteiger partial charge is 0.264 e. The predicted octanol–water partition coefficient (Wildman–Crippen LogP) is 4.62. The van der Waals surface area contributed by atoms with E-state index in [-0.39, 0.29) is 29.1 Å². The van der Waals surface area contributed by atoms with Gasteiger partial charge in [0.05, 0.1) is 24.8 Å². The largest absolute Gasteiger partial charge is 0.497 e. The summed E-state index contributed by atoms with van der Waals surface area (Å²) in [6.45, 7) is 5.28. The third-order valence-corrected chi connectivity index (χ3v) is 8.64. The lowest BCUT2D eigenvalue weighted by molar-refractivity contribution is -0.140. The molecule has 0 aliphatic rings. The van der Waals surface area contributed by atoms with Crippen LogP contribution in [0.15, 0.2) is 83.8 Å². The van der Waals surface area contributed by atoms with Crippen molar-refractivity contribution in [1.82, 2.24) is 10.2 Å². The molecule has 0 fully saturated rings. The van der Waals surface area contributed by atoms with Crippen LogP contribution in [0.2, 0.25) is 0 Å². The van der Waals surface area contributed by atoms with Crippen LogP contribution in [0, 0.1) is 0 Å². The molecule has 0 saturated heterocycles. The Hall–Kier alpha value is -4.05.